The highest BCUT2D eigenvalue weighted by Gasteiger charge is 2.30. The normalized spacial score (nSPS) is 15.4. The number of carbonyl (C=O) groups excluding carboxylic acids is 2. The van der Waals surface area contributed by atoms with Crippen LogP contribution < -0.4 is 16.9 Å². The van der Waals surface area contributed by atoms with Gasteiger partial charge in [-0.15, -0.1) is 0 Å². The van der Waals surface area contributed by atoms with Gasteiger partial charge in [-0.3, -0.25) is 20.0 Å². The van der Waals surface area contributed by atoms with Gasteiger partial charge in [-0.05, 0) is 51.0 Å². The van der Waals surface area contributed by atoms with Crippen molar-refractivity contribution in [3.05, 3.63) is 59.2 Å². The summed E-state index contributed by atoms with van der Waals surface area (Å²) in [4.78, 5) is 28.4. The standard InChI is InChI=1S/C21H23N5O2/c1-12(27)13-8-9-17(16(22)10-13)25-26-19(20(23)28)18-15-7-5-4-6-14(15)11-21(2,3)24-18/h4-10,25H,11,22H2,1-3H3,(H2,23,28). The highest BCUT2D eigenvalue weighted by atomic mass is 16.1. The first kappa shape index (κ1) is 19.3. The van der Waals surface area contributed by atoms with Crippen LogP contribution in [0.4, 0.5) is 11.4 Å². The Labute approximate surface area is 163 Å². The number of hydrazone groups is 1. The van der Waals surface area contributed by atoms with Gasteiger partial charge in [-0.1, -0.05) is 24.3 Å². The van der Waals surface area contributed by atoms with E-state index in [0.29, 0.717) is 22.6 Å². The number of fused-ring (bicyclic) bond motifs is 1. The minimum Gasteiger partial charge on any atom is -0.397 e. The number of ketones is 1. The number of nitrogen functional groups attached to an aromatic ring is 1. The molecule has 0 bridgehead atoms. The first-order valence-corrected chi connectivity index (χ1v) is 8.90. The fraction of sp³-hybridized carbons (Fsp3) is 0.238. The largest absolute Gasteiger partial charge is 0.397 e. The van der Waals surface area contributed by atoms with Gasteiger partial charge in [0.25, 0.3) is 5.91 Å². The molecule has 0 aromatic heterocycles. The summed E-state index contributed by atoms with van der Waals surface area (Å²) in [6, 6.07) is 12.6. The third-order valence-corrected chi connectivity index (χ3v) is 4.51. The Morgan fingerprint density at radius 2 is 1.89 bits per heavy atom. The van der Waals surface area contributed by atoms with E-state index < -0.39 is 5.91 Å². The van der Waals surface area contributed by atoms with E-state index in [0.717, 1.165) is 17.5 Å². The first-order valence-electron chi connectivity index (χ1n) is 8.90. The van der Waals surface area contributed by atoms with Gasteiger partial charge in [0.1, 0.15) is 0 Å². The molecule has 1 aliphatic heterocycles. The third kappa shape index (κ3) is 3.93. The smallest absolute Gasteiger partial charge is 0.271 e. The van der Waals surface area contributed by atoms with Gasteiger partial charge in [0.15, 0.2) is 11.5 Å². The molecular weight excluding hydrogens is 354 g/mol. The summed E-state index contributed by atoms with van der Waals surface area (Å²) in [6.45, 7) is 5.45. The molecule has 0 radical (unpaired) electrons. The van der Waals surface area contributed by atoms with Gasteiger partial charge < -0.3 is 11.5 Å². The summed E-state index contributed by atoms with van der Waals surface area (Å²) >= 11 is 0. The predicted octanol–water partition coefficient (Wildman–Crippen LogP) is 2.55. The number of carbonyl (C=O) groups is 2. The predicted molar refractivity (Wildman–Crippen MR) is 112 cm³/mol. The monoisotopic (exact) mass is 377 g/mol. The van der Waals surface area contributed by atoms with Gasteiger partial charge in [0.05, 0.1) is 22.6 Å². The molecule has 2 aromatic carbocycles. The van der Waals surface area contributed by atoms with Crippen LogP contribution >= 0.6 is 0 Å². The zero-order valence-corrected chi connectivity index (χ0v) is 16.1. The Morgan fingerprint density at radius 3 is 2.54 bits per heavy atom. The minimum atomic E-state index is -0.697. The Kier molecular flexibility index (Phi) is 5.00. The number of Topliss-reactive ketones (excluding diaryl/α,β-unsaturated/α-hetero) is 1. The molecule has 7 nitrogen and oxygen atoms in total. The van der Waals surface area contributed by atoms with Crippen molar-refractivity contribution in [2.45, 2.75) is 32.7 Å². The number of hydrogen-bond donors (Lipinski definition) is 3. The van der Waals surface area contributed by atoms with E-state index in [1.54, 1.807) is 18.2 Å². The number of amides is 1. The van der Waals surface area contributed by atoms with Crippen molar-refractivity contribution in [3.63, 3.8) is 0 Å². The average Bonchev–Trinajstić information content (AvgIpc) is 2.61. The molecule has 28 heavy (non-hydrogen) atoms. The van der Waals surface area contributed by atoms with Crippen LogP contribution in [0.1, 0.15) is 42.3 Å². The van der Waals surface area contributed by atoms with Crippen LogP contribution in [0.15, 0.2) is 52.6 Å². The quantitative estimate of drug-likeness (QED) is 0.321. The second kappa shape index (κ2) is 7.26. The van der Waals surface area contributed by atoms with Crippen molar-refractivity contribution in [1.82, 2.24) is 0 Å². The molecule has 0 aliphatic carbocycles. The SMILES string of the molecule is CC(=O)c1ccc(NN=C(C(N)=O)C2=NC(C)(C)Cc3ccccc32)c(N)c1. The molecule has 0 unspecified atom stereocenters. The van der Waals surface area contributed by atoms with E-state index >= 15 is 0 Å². The van der Waals surface area contributed by atoms with E-state index in [9.17, 15) is 9.59 Å². The van der Waals surface area contributed by atoms with Gasteiger partial charge in [0, 0.05) is 11.1 Å². The van der Waals surface area contributed by atoms with Gasteiger partial charge in [0.2, 0.25) is 0 Å². The van der Waals surface area contributed by atoms with Crippen LogP contribution in [-0.2, 0) is 11.2 Å². The van der Waals surface area contributed by atoms with Crippen LogP contribution in [0, 0.1) is 0 Å². The van der Waals surface area contributed by atoms with E-state index in [1.165, 1.54) is 6.92 Å². The van der Waals surface area contributed by atoms with Gasteiger partial charge >= 0.3 is 0 Å². The Bertz CT molecular complexity index is 1020. The molecular formula is C21H23N5O2. The van der Waals surface area contributed by atoms with Gasteiger partial charge in [-0.25, -0.2) is 0 Å². The molecule has 2 aromatic rings. The fourth-order valence-corrected chi connectivity index (χ4v) is 3.18. The number of nitrogens with one attached hydrogen (secondary N) is 1. The summed E-state index contributed by atoms with van der Waals surface area (Å²) in [5.74, 6) is -0.785. The maximum absolute atomic E-state index is 12.2. The summed E-state index contributed by atoms with van der Waals surface area (Å²) in [6.07, 6.45) is 0.756. The van der Waals surface area contributed by atoms with Crippen LogP contribution in [-0.4, -0.2) is 28.7 Å². The van der Waals surface area contributed by atoms with E-state index in [-0.39, 0.29) is 17.0 Å². The summed E-state index contributed by atoms with van der Waals surface area (Å²) < 4.78 is 0. The number of aliphatic imine (C=N–C) groups is 1. The molecule has 0 atom stereocenters. The fourth-order valence-electron chi connectivity index (χ4n) is 3.18. The van der Waals surface area contributed by atoms with Crippen molar-refractivity contribution in [3.8, 4) is 0 Å². The molecule has 0 saturated heterocycles. The zero-order chi connectivity index (χ0) is 20.5. The molecule has 7 heteroatoms. The molecule has 1 amide bonds. The maximum atomic E-state index is 12.2. The number of benzene rings is 2. The van der Waals surface area contributed by atoms with Crippen molar-refractivity contribution in [1.29, 1.82) is 0 Å². The van der Waals surface area contributed by atoms with Crippen LogP contribution in [0.5, 0.6) is 0 Å². The molecule has 1 aliphatic rings. The van der Waals surface area contributed by atoms with Crippen LogP contribution in [0.2, 0.25) is 0 Å². The van der Waals surface area contributed by atoms with E-state index in [4.69, 9.17) is 16.5 Å². The molecule has 1 heterocycles. The van der Waals surface area contributed by atoms with Crippen molar-refractivity contribution < 1.29 is 9.59 Å². The third-order valence-electron chi connectivity index (χ3n) is 4.51. The molecule has 0 spiro atoms. The van der Waals surface area contributed by atoms with E-state index in [2.05, 4.69) is 10.5 Å². The topological polar surface area (TPSA) is 123 Å². The number of hydrogen-bond acceptors (Lipinski definition) is 6. The average molecular weight is 377 g/mol. The number of nitrogens with two attached hydrogens (primary N) is 2. The van der Waals surface area contributed by atoms with Gasteiger partial charge in [-0.2, -0.15) is 5.10 Å². The molecule has 3 rings (SSSR count). The lowest BCUT2D eigenvalue weighted by Gasteiger charge is -2.28. The number of rotatable bonds is 5. The Hall–Kier alpha value is -3.48. The number of primary amides is 1. The van der Waals surface area contributed by atoms with Crippen molar-refractivity contribution in [2.75, 3.05) is 11.2 Å². The molecule has 0 saturated carbocycles. The highest BCUT2D eigenvalue weighted by molar-refractivity contribution is 6.70. The zero-order valence-electron chi connectivity index (χ0n) is 16.1. The number of anilines is 2. The first-order chi connectivity index (χ1) is 13.2. The lowest BCUT2D eigenvalue weighted by atomic mass is 9.85. The lowest BCUT2D eigenvalue weighted by molar-refractivity contribution is -0.111. The minimum absolute atomic E-state index is 0.0234. The Balaban J connectivity index is 2.01. The molecule has 144 valence electrons. The molecule has 5 N–H and O–H groups in total. The second-order valence-corrected chi connectivity index (χ2v) is 7.40. The van der Waals surface area contributed by atoms with Crippen molar-refractivity contribution in [2.24, 2.45) is 15.8 Å². The maximum Gasteiger partial charge on any atom is 0.271 e. The Morgan fingerprint density at radius 1 is 1.18 bits per heavy atom. The van der Waals surface area contributed by atoms with E-state index in [1.807, 2.05) is 38.1 Å². The van der Waals surface area contributed by atoms with Crippen molar-refractivity contribution >= 4 is 34.5 Å². The highest BCUT2D eigenvalue weighted by Crippen LogP contribution is 2.27. The summed E-state index contributed by atoms with van der Waals surface area (Å²) in [5.41, 5.74) is 17.7. The van der Waals surface area contributed by atoms with Crippen LogP contribution in [0.25, 0.3) is 0 Å². The van der Waals surface area contributed by atoms with Crippen LogP contribution in [0.3, 0.4) is 0 Å². The summed E-state index contributed by atoms with van der Waals surface area (Å²) in [5, 5.41) is 4.21. The number of nitrogens with zero attached hydrogens (tertiary/aromatic N) is 2. The second-order valence-electron chi connectivity index (χ2n) is 7.40. The molecule has 0 fully saturated rings. The summed E-state index contributed by atoms with van der Waals surface area (Å²) in [7, 11) is 0. The lowest BCUT2D eigenvalue weighted by Crippen LogP contribution is -2.38.